The second-order valence-electron chi connectivity index (χ2n) is 7.77. The monoisotopic (exact) mass is 448 g/mol. The lowest BCUT2D eigenvalue weighted by Gasteiger charge is -2.15. The molecule has 0 radical (unpaired) electrons. The first-order valence-corrected chi connectivity index (χ1v) is 10.7. The van der Waals surface area contributed by atoms with Crippen molar-refractivity contribution in [1.29, 1.82) is 0 Å². The standard InChI is InChI=1S/C27H20N4O3/c32-25(29-19-13-11-18(12-14-19)27(34)30-20-6-5-15-28-16-20)17-31-23-9-3-1-7-21(23)26(33)22-8-2-4-10-24(22)31/h1-16H,17H2,(H,29,32)(H,30,34). The Morgan fingerprint density at radius 3 is 2.00 bits per heavy atom. The van der Waals surface area contributed by atoms with Gasteiger partial charge < -0.3 is 15.2 Å². The van der Waals surface area contributed by atoms with Crippen LogP contribution < -0.4 is 16.1 Å². The summed E-state index contributed by atoms with van der Waals surface area (Å²) < 4.78 is 1.84. The Bertz CT molecular complexity index is 1520. The molecule has 34 heavy (non-hydrogen) atoms. The number of amides is 2. The Labute approximate surface area is 194 Å². The number of rotatable bonds is 5. The largest absolute Gasteiger partial charge is 0.331 e. The number of nitrogens with one attached hydrogen (secondary N) is 2. The predicted octanol–water partition coefficient (Wildman–Crippen LogP) is 4.44. The first-order chi connectivity index (χ1) is 16.6. The molecule has 0 aliphatic heterocycles. The van der Waals surface area contributed by atoms with Gasteiger partial charge in [-0.2, -0.15) is 0 Å². The van der Waals surface area contributed by atoms with E-state index >= 15 is 0 Å². The van der Waals surface area contributed by atoms with Gasteiger partial charge in [0.15, 0.2) is 5.43 Å². The molecule has 7 heteroatoms. The van der Waals surface area contributed by atoms with Gasteiger partial charge in [-0.25, -0.2) is 0 Å². The van der Waals surface area contributed by atoms with Crippen LogP contribution in [0.3, 0.4) is 0 Å². The Balaban J connectivity index is 1.36. The van der Waals surface area contributed by atoms with E-state index in [0.717, 1.165) is 0 Å². The number of hydrogen-bond donors (Lipinski definition) is 2. The molecule has 3 aromatic carbocycles. The van der Waals surface area contributed by atoms with Gasteiger partial charge in [0.1, 0.15) is 6.54 Å². The van der Waals surface area contributed by atoms with Crippen molar-refractivity contribution < 1.29 is 9.59 Å². The SMILES string of the molecule is O=C(Cn1c2ccccc2c(=O)c2ccccc21)Nc1ccc(C(=O)Nc2cccnc2)cc1. The Morgan fingerprint density at radius 1 is 0.735 bits per heavy atom. The van der Waals surface area contributed by atoms with E-state index in [0.29, 0.717) is 38.7 Å². The minimum absolute atomic E-state index is 0.0323. The Kier molecular flexibility index (Phi) is 5.58. The number of carbonyl (C=O) groups is 2. The highest BCUT2D eigenvalue weighted by molar-refractivity contribution is 6.04. The van der Waals surface area contributed by atoms with E-state index in [1.54, 1.807) is 60.9 Å². The van der Waals surface area contributed by atoms with Crippen LogP contribution in [0.5, 0.6) is 0 Å². The number of fused-ring (bicyclic) bond motifs is 2. The van der Waals surface area contributed by atoms with Gasteiger partial charge in [-0.15, -0.1) is 0 Å². The van der Waals surface area contributed by atoms with E-state index in [9.17, 15) is 14.4 Å². The highest BCUT2D eigenvalue weighted by atomic mass is 16.2. The quantitative estimate of drug-likeness (QED) is 0.389. The zero-order chi connectivity index (χ0) is 23.5. The third-order valence-corrected chi connectivity index (χ3v) is 5.53. The maximum absolute atomic E-state index is 12.9. The number of benzene rings is 3. The molecular formula is C27H20N4O3. The molecule has 0 aliphatic rings. The fraction of sp³-hybridized carbons (Fsp3) is 0.0370. The summed E-state index contributed by atoms with van der Waals surface area (Å²) in [5.41, 5.74) is 2.97. The summed E-state index contributed by atoms with van der Waals surface area (Å²) in [6.45, 7) is 0.0323. The van der Waals surface area contributed by atoms with Crippen LogP contribution in [0.1, 0.15) is 10.4 Å². The van der Waals surface area contributed by atoms with Crippen molar-refractivity contribution in [2.75, 3.05) is 10.6 Å². The number of hydrogen-bond acceptors (Lipinski definition) is 4. The van der Waals surface area contributed by atoms with E-state index < -0.39 is 0 Å². The molecule has 0 atom stereocenters. The highest BCUT2D eigenvalue weighted by Crippen LogP contribution is 2.19. The third-order valence-electron chi connectivity index (χ3n) is 5.53. The second kappa shape index (κ2) is 8.99. The Morgan fingerprint density at radius 2 is 1.38 bits per heavy atom. The van der Waals surface area contributed by atoms with Crippen LogP contribution in [0.15, 0.2) is 102 Å². The number of pyridine rings is 2. The predicted molar refractivity (Wildman–Crippen MR) is 133 cm³/mol. The van der Waals surface area contributed by atoms with Crippen molar-refractivity contribution >= 4 is 45.0 Å². The summed E-state index contributed by atoms with van der Waals surface area (Å²) in [7, 11) is 0. The van der Waals surface area contributed by atoms with Crippen LogP contribution >= 0.6 is 0 Å². The third kappa shape index (κ3) is 4.14. The van der Waals surface area contributed by atoms with Gasteiger partial charge in [-0.1, -0.05) is 24.3 Å². The van der Waals surface area contributed by atoms with Crippen molar-refractivity contribution in [3.63, 3.8) is 0 Å². The smallest absolute Gasteiger partial charge is 0.255 e. The molecule has 0 saturated heterocycles. The minimum Gasteiger partial charge on any atom is -0.331 e. The molecule has 166 valence electrons. The molecule has 0 unspecified atom stereocenters. The molecule has 0 fully saturated rings. The summed E-state index contributed by atoms with van der Waals surface area (Å²) >= 11 is 0. The number of para-hydroxylation sites is 2. The van der Waals surface area contributed by atoms with E-state index in [1.165, 1.54) is 0 Å². The summed E-state index contributed by atoms with van der Waals surface area (Å²) in [5.74, 6) is -0.511. The zero-order valence-electron chi connectivity index (χ0n) is 18.1. The van der Waals surface area contributed by atoms with Crippen LogP contribution in [-0.2, 0) is 11.3 Å². The van der Waals surface area contributed by atoms with Gasteiger partial charge >= 0.3 is 0 Å². The lowest BCUT2D eigenvalue weighted by atomic mass is 10.1. The molecule has 0 saturated carbocycles. The molecule has 2 aromatic heterocycles. The maximum atomic E-state index is 12.9. The van der Waals surface area contributed by atoms with E-state index in [2.05, 4.69) is 15.6 Å². The molecule has 0 spiro atoms. The summed E-state index contributed by atoms with van der Waals surface area (Å²) in [4.78, 5) is 42.2. The lowest BCUT2D eigenvalue weighted by Crippen LogP contribution is -2.21. The Hall–Kier alpha value is -4.78. The summed E-state index contributed by atoms with van der Waals surface area (Å²) in [6.07, 6.45) is 3.20. The first kappa shape index (κ1) is 21.1. The molecule has 0 bridgehead atoms. The van der Waals surface area contributed by atoms with E-state index in [4.69, 9.17) is 0 Å². The lowest BCUT2D eigenvalue weighted by molar-refractivity contribution is -0.116. The number of aromatic nitrogens is 2. The van der Waals surface area contributed by atoms with Gasteiger partial charge in [0.25, 0.3) is 5.91 Å². The molecule has 2 amide bonds. The topological polar surface area (TPSA) is 93.1 Å². The maximum Gasteiger partial charge on any atom is 0.255 e. The van der Waals surface area contributed by atoms with Crippen molar-refractivity contribution in [3.05, 3.63) is 113 Å². The van der Waals surface area contributed by atoms with Gasteiger partial charge in [0, 0.05) is 28.2 Å². The molecule has 5 rings (SSSR count). The van der Waals surface area contributed by atoms with Gasteiger partial charge in [0.2, 0.25) is 5.91 Å². The highest BCUT2D eigenvalue weighted by Gasteiger charge is 2.13. The molecule has 2 heterocycles. The van der Waals surface area contributed by atoms with Gasteiger partial charge in [-0.05, 0) is 60.7 Å². The van der Waals surface area contributed by atoms with Crippen LogP contribution in [0.4, 0.5) is 11.4 Å². The number of anilines is 2. The zero-order valence-corrected chi connectivity index (χ0v) is 18.1. The van der Waals surface area contributed by atoms with Crippen molar-refractivity contribution in [2.24, 2.45) is 0 Å². The van der Waals surface area contributed by atoms with Gasteiger partial charge in [-0.3, -0.25) is 19.4 Å². The van der Waals surface area contributed by atoms with Crippen LogP contribution in [0.2, 0.25) is 0 Å². The van der Waals surface area contributed by atoms with Crippen molar-refractivity contribution in [2.45, 2.75) is 6.54 Å². The average Bonchev–Trinajstić information content (AvgIpc) is 2.87. The first-order valence-electron chi connectivity index (χ1n) is 10.7. The van der Waals surface area contributed by atoms with Crippen molar-refractivity contribution in [1.82, 2.24) is 9.55 Å². The molecular weight excluding hydrogens is 428 g/mol. The summed E-state index contributed by atoms with van der Waals surface area (Å²) in [6, 6.07) is 24.7. The fourth-order valence-corrected chi connectivity index (χ4v) is 3.94. The van der Waals surface area contributed by atoms with Crippen molar-refractivity contribution in [3.8, 4) is 0 Å². The van der Waals surface area contributed by atoms with Crippen LogP contribution in [0.25, 0.3) is 21.8 Å². The van der Waals surface area contributed by atoms with Crippen LogP contribution in [-0.4, -0.2) is 21.4 Å². The number of nitrogens with zero attached hydrogens (tertiary/aromatic N) is 2. The molecule has 7 nitrogen and oxygen atoms in total. The van der Waals surface area contributed by atoms with E-state index in [1.807, 2.05) is 41.0 Å². The molecule has 2 N–H and O–H groups in total. The minimum atomic E-state index is -0.267. The normalized spacial score (nSPS) is 10.8. The molecule has 0 aliphatic carbocycles. The number of carbonyl (C=O) groups excluding carboxylic acids is 2. The molecule has 5 aromatic rings. The average molecular weight is 448 g/mol. The second-order valence-corrected chi connectivity index (χ2v) is 7.77. The fourth-order valence-electron chi connectivity index (χ4n) is 3.94. The van der Waals surface area contributed by atoms with E-state index in [-0.39, 0.29) is 23.8 Å². The van der Waals surface area contributed by atoms with Gasteiger partial charge in [0.05, 0.1) is 22.9 Å². The summed E-state index contributed by atoms with van der Waals surface area (Å²) in [5, 5.41) is 6.78. The van der Waals surface area contributed by atoms with Crippen LogP contribution in [0, 0.1) is 0 Å².